The van der Waals surface area contributed by atoms with Crippen LogP contribution in [-0.2, 0) is 21.8 Å². The zero-order valence-electron chi connectivity index (χ0n) is 35.4. The largest absolute Gasteiger partial charge is 0.506 e. The fourth-order valence-corrected chi connectivity index (χ4v) is 10.0. The summed E-state index contributed by atoms with van der Waals surface area (Å²) >= 11 is 12.6. The minimum Gasteiger partial charge on any atom is -0.506 e. The van der Waals surface area contributed by atoms with E-state index < -0.39 is 82.0 Å². The van der Waals surface area contributed by atoms with E-state index in [4.69, 9.17) is 37.4 Å². The van der Waals surface area contributed by atoms with Gasteiger partial charge >= 0.3 is 24.3 Å². The number of alkyl halides is 8. The second-order valence-corrected chi connectivity index (χ2v) is 17.0. The number of phenols is 2. The van der Waals surface area contributed by atoms with Crippen molar-refractivity contribution in [1.82, 2.24) is 19.9 Å². The van der Waals surface area contributed by atoms with Crippen molar-refractivity contribution in [2.24, 2.45) is 0 Å². The first kappa shape index (κ1) is 45.3. The Morgan fingerprint density at radius 1 is 0.623 bits per heavy atom. The first-order chi connectivity index (χ1) is 32.8. The van der Waals surface area contributed by atoms with Crippen molar-refractivity contribution < 1.29 is 69.9 Å². The van der Waals surface area contributed by atoms with E-state index in [9.17, 15) is 55.7 Å². The lowest BCUT2D eigenvalue weighted by molar-refractivity contribution is -0.141. The number of hydrogen-bond acceptors (Lipinski definition) is 9. The average molecular weight is 998 g/mol. The van der Waals surface area contributed by atoms with Gasteiger partial charge in [0.15, 0.2) is 0 Å². The Bertz CT molecular complexity index is 3290. The molecule has 15 nitrogen and oxygen atoms in total. The van der Waals surface area contributed by atoms with Crippen LogP contribution in [0.1, 0.15) is 76.0 Å². The molecular weight excluding hydrogens is 965 g/mol. The Morgan fingerprint density at radius 2 is 1.01 bits per heavy atom. The zero-order valence-corrected chi connectivity index (χ0v) is 36.9. The first-order valence-electron chi connectivity index (χ1n) is 20.6. The minimum atomic E-state index is -5.03. The molecule has 10 rings (SSSR count). The number of ether oxygens (including phenoxy) is 3. The molecule has 6 heterocycles. The van der Waals surface area contributed by atoms with Crippen LogP contribution in [0.2, 0.25) is 0 Å². The summed E-state index contributed by atoms with van der Waals surface area (Å²) in [6.07, 6.45) is -10.1. The van der Waals surface area contributed by atoms with Gasteiger partial charge in [0, 0.05) is 81.4 Å². The Labute approximate surface area is 392 Å². The number of nitrogens with one attached hydrogen (secondary N) is 4. The fourth-order valence-electron chi connectivity index (χ4n) is 9.51. The van der Waals surface area contributed by atoms with E-state index in [0.717, 1.165) is 26.4 Å². The topological polar surface area (TPSA) is 206 Å². The molecule has 2 aliphatic rings. The standard InChI is InChI=1S/C46H32Cl2F6N6O9/c1-67-43(65)35-33-31-19(13-47)15-59(27(31)11-29(61)37(33)57-39(35)45(49,50)51)41(63)25-9-17-7-21(3-5-23(17)55-25)69-22-4-6-24-18(8-22)10-26(56-24)42(64)60-16-20(14-48)32-28(60)12-30(62)38-34(32)36(44(66)68-2)40(58-38)46(52,53)54/h3-12,19-20,55-58,61-62H,13-16H2,1-2H3/t19-,20-/m1/s1. The lowest BCUT2D eigenvalue weighted by Gasteiger charge is -2.17. The van der Waals surface area contributed by atoms with E-state index in [2.05, 4.69) is 19.9 Å². The van der Waals surface area contributed by atoms with Crippen LogP contribution in [0.3, 0.4) is 0 Å². The molecule has 6 N–H and O–H groups in total. The number of esters is 2. The lowest BCUT2D eigenvalue weighted by atomic mass is 9.95. The maximum Gasteiger partial charge on any atom is 0.432 e. The monoisotopic (exact) mass is 996 g/mol. The van der Waals surface area contributed by atoms with Crippen molar-refractivity contribution in [3.8, 4) is 23.0 Å². The zero-order chi connectivity index (χ0) is 49.2. The quantitative estimate of drug-likeness (QED) is 0.0486. The number of H-pyrrole nitrogens is 4. The number of fused-ring (bicyclic) bond motifs is 8. The van der Waals surface area contributed by atoms with Crippen molar-refractivity contribution in [3.63, 3.8) is 0 Å². The SMILES string of the molecule is COC(=O)c1c(C(F)(F)F)[nH]c2c(O)cc3c(c12)[C@H](CCl)CN3C(=O)c1cc2cc(Oc3ccc4[nH]c(C(=O)N5C[C@@H](CCl)c6c5cc(O)c5[nH]c(C(F)(F)F)c(C(=O)OC)c65)cc4c3)ccc2[nH]1. The summed E-state index contributed by atoms with van der Waals surface area (Å²) in [5.74, 6) is -6.19. The van der Waals surface area contributed by atoms with Gasteiger partial charge in [-0.15, -0.1) is 23.2 Å². The Kier molecular flexibility index (Phi) is 10.5. The summed E-state index contributed by atoms with van der Waals surface area (Å²) in [6.45, 7) is -0.183. The number of carbonyl (C=O) groups excluding carboxylic acids is 4. The molecule has 2 amide bonds. The highest BCUT2D eigenvalue weighted by Gasteiger charge is 2.46. The number of carbonyl (C=O) groups is 4. The number of hydrogen-bond donors (Lipinski definition) is 6. The maximum absolute atomic E-state index is 14.2. The van der Waals surface area contributed by atoms with Crippen LogP contribution < -0.4 is 14.5 Å². The van der Waals surface area contributed by atoms with Crippen molar-refractivity contribution >= 4 is 102 Å². The molecule has 0 bridgehead atoms. The number of rotatable bonds is 8. The molecule has 23 heteroatoms. The Balaban J connectivity index is 0.923. The summed E-state index contributed by atoms with van der Waals surface area (Å²) in [5.41, 5.74) is -3.65. The maximum atomic E-state index is 14.2. The highest BCUT2D eigenvalue weighted by atomic mass is 35.5. The number of nitrogens with zero attached hydrogens (tertiary/aromatic N) is 2. The van der Waals surface area contributed by atoms with Crippen LogP contribution in [0.4, 0.5) is 37.7 Å². The van der Waals surface area contributed by atoms with Gasteiger partial charge in [-0.2, -0.15) is 26.3 Å². The lowest BCUT2D eigenvalue weighted by Crippen LogP contribution is -2.30. The van der Waals surface area contributed by atoms with Gasteiger partial charge in [0.1, 0.15) is 45.8 Å². The molecule has 0 aliphatic carbocycles. The van der Waals surface area contributed by atoms with E-state index >= 15 is 0 Å². The smallest absolute Gasteiger partial charge is 0.432 e. The van der Waals surface area contributed by atoms with Gasteiger partial charge in [0.2, 0.25) is 0 Å². The minimum absolute atomic E-state index is 0.0560. The van der Waals surface area contributed by atoms with Crippen molar-refractivity contribution in [2.45, 2.75) is 24.2 Å². The molecule has 0 radical (unpaired) electrons. The van der Waals surface area contributed by atoms with Gasteiger partial charge in [-0.05, 0) is 59.7 Å². The summed E-state index contributed by atoms with van der Waals surface area (Å²) in [5, 5.41) is 22.4. The fraction of sp³-hybridized carbons (Fsp3) is 0.217. The number of aromatic nitrogens is 4. The number of halogens is 8. The Hall–Kier alpha value is -7.52. The van der Waals surface area contributed by atoms with Gasteiger partial charge in [-0.1, -0.05) is 0 Å². The molecule has 8 aromatic rings. The molecule has 0 saturated carbocycles. The molecule has 0 saturated heterocycles. The van der Waals surface area contributed by atoms with Gasteiger partial charge < -0.3 is 54.2 Å². The molecule has 69 heavy (non-hydrogen) atoms. The first-order valence-corrected chi connectivity index (χ1v) is 21.7. The van der Waals surface area contributed by atoms with Gasteiger partial charge in [-0.25, -0.2) is 9.59 Å². The van der Waals surface area contributed by atoms with Gasteiger partial charge in [-0.3, -0.25) is 9.59 Å². The number of aromatic amines is 4. The third-order valence-electron chi connectivity index (χ3n) is 12.4. The van der Waals surface area contributed by atoms with Crippen molar-refractivity contribution in [2.75, 3.05) is 48.9 Å². The summed E-state index contributed by atoms with van der Waals surface area (Å²) in [6, 6.07) is 15.2. The Morgan fingerprint density at radius 3 is 1.36 bits per heavy atom. The highest BCUT2D eigenvalue weighted by molar-refractivity contribution is 6.21. The molecule has 356 valence electrons. The van der Waals surface area contributed by atoms with Crippen LogP contribution in [0.5, 0.6) is 23.0 Å². The normalized spacial score (nSPS) is 16.0. The average Bonchev–Trinajstić information content (AvgIpc) is 4.17. The number of aromatic hydroxyl groups is 2. The highest BCUT2D eigenvalue weighted by Crippen LogP contribution is 2.51. The second kappa shape index (κ2) is 16.0. The van der Waals surface area contributed by atoms with E-state index in [0.29, 0.717) is 33.3 Å². The van der Waals surface area contributed by atoms with E-state index in [1.165, 1.54) is 9.80 Å². The third kappa shape index (κ3) is 7.12. The summed E-state index contributed by atoms with van der Waals surface area (Å²) < 4.78 is 100. The van der Waals surface area contributed by atoms with Crippen LogP contribution in [0.15, 0.2) is 60.7 Å². The summed E-state index contributed by atoms with van der Waals surface area (Å²) in [7, 11) is 1.85. The molecule has 2 atom stereocenters. The predicted octanol–water partition coefficient (Wildman–Crippen LogP) is 10.4. The van der Waals surface area contributed by atoms with Crippen molar-refractivity contribution in [1.29, 1.82) is 0 Å². The molecule has 2 aliphatic heterocycles. The van der Waals surface area contributed by atoms with E-state index in [1.807, 2.05) is 0 Å². The van der Waals surface area contributed by atoms with Crippen LogP contribution in [-0.4, -0.2) is 93.0 Å². The summed E-state index contributed by atoms with van der Waals surface area (Å²) in [4.78, 5) is 66.8. The van der Waals surface area contributed by atoms with Gasteiger partial charge in [0.25, 0.3) is 11.8 Å². The number of benzene rings is 4. The van der Waals surface area contributed by atoms with Crippen LogP contribution in [0.25, 0.3) is 43.6 Å². The van der Waals surface area contributed by atoms with E-state index in [1.54, 1.807) is 48.5 Å². The molecular formula is C46H32Cl2F6N6O9. The molecule has 0 fully saturated rings. The number of amides is 2. The number of phenolic OH excluding ortho intramolecular Hbond substituents is 2. The molecule has 0 spiro atoms. The molecule has 4 aromatic carbocycles. The predicted molar refractivity (Wildman–Crippen MR) is 240 cm³/mol. The van der Waals surface area contributed by atoms with E-state index in [-0.39, 0.29) is 80.5 Å². The van der Waals surface area contributed by atoms with Crippen LogP contribution >= 0.6 is 23.2 Å². The van der Waals surface area contributed by atoms with Crippen molar-refractivity contribution in [3.05, 3.63) is 106 Å². The van der Waals surface area contributed by atoms with Crippen LogP contribution in [0, 0.1) is 0 Å². The number of anilines is 2. The molecule has 4 aromatic heterocycles. The third-order valence-corrected chi connectivity index (χ3v) is 13.2. The number of methoxy groups -OCH3 is 2. The van der Waals surface area contributed by atoms with Gasteiger partial charge in [0.05, 0.1) is 47.8 Å². The second-order valence-electron chi connectivity index (χ2n) is 16.4. The molecule has 0 unspecified atom stereocenters.